The number of aromatic nitrogens is 3. The molecule has 1 spiro atoms. The number of hydrogen-bond donors (Lipinski definition) is 1. The average molecular weight is 668 g/mol. The van der Waals surface area contributed by atoms with Crippen LogP contribution in [0, 0.1) is 0 Å². The predicted molar refractivity (Wildman–Crippen MR) is 209 cm³/mol. The average Bonchev–Trinajstić information content (AvgIpc) is 3.95. The van der Waals surface area contributed by atoms with E-state index in [1.807, 2.05) is 35.0 Å². The summed E-state index contributed by atoms with van der Waals surface area (Å²) in [5.41, 5.74) is 14.0. The SMILES string of the molecule is O=c1c2ccccc2n2n1C(O)C1=C2C2(c3ccccc31)c1ccccc1-c1ccc(-n3c4ccccc4c4cc(-c5ccccc5)ccc43)cc12. The van der Waals surface area contributed by atoms with E-state index < -0.39 is 11.6 Å². The number of para-hydroxylation sites is 2. The molecule has 0 bridgehead atoms. The molecule has 5 heteroatoms. The maximum atomic E-state index is 14.0. The Balaban J connectivity index is 1.19. The molecular weight excluding hydrogens is 639 g/mol. The zero-order valence-electron chi connectivity index (χ0n) is 27.9. The van der Waals surface area contributed by atoms with Crippen molar-refractivity contribution in [1.82, 2.24) is 13.9 Å². The largest absolute Gasteiger partial charge is 0.368 e. The maximum absolute atomic E-state index is 14.0. The molecule has 2 atom stereocenters. The zero-order valence-corrected chi connectivity index (χ0v) is 27.9. The monoisotopic (exact) mass is 667 g/mol. The molecule has 1 aliphatic heterocycles. The molecule has 244 valence electrons. The molecule has 9 aromatic rings. The van der Waals surface area contributed by atoms with Crippen LogP contribution in [-0.2, 0) is 5.41 Å². The van der Waals surface area contributed by atoms with E-state index in [1.165, 1.54) is 21.9 Å². The molecule has 2 aromatic heterocycles. The highest BCUT2D eigenvalue weighted by molar-refractivity contribution is 6.11. The number of benzene rings is 7. The number of aliphatic hydroxyl groups is 1. The van der Waals surface area contributed by atoms with Crippen molar-refractivity contribution in [1.29, 1.82) is 0 Å². The van der Waals surface area contributed by atoms with Crippen LogP contribution >= 0.6 is 0 Å². The van der Waals surface area contributed by atoms with Crippen molar-refractivity contribution >= 4 is 44.0 Å². The second kappa shape index (κ2) is 9.75. The predicted octanol–water partition coefficient (Wildman–Crippen LogP) is 9.77. The summed E-state index contributed by atoms with van der Waals surface area (Å²) >= 11 is 0. The van der Waals surface area contributed by atoms with E-state index in [0.29, 0.717) is 5.39 Å². The van der Waals surface area contributed by atoms with Crippen LogP contribution in [0.25, 0.3) is 71.9 Å². The molecule has 0 amide bonds. The number of aliphatic hydroxyl groups excluding tert-OH is 1. The normalized spacial score (nSPS) is 18.0. The number of rotatable bonds is 2. The lowest BCUT2D eigenvalue weighted by Crippen LogP contribution is -2.32. The van der Waals surface area contributed by atoms with E-state index in [1.54, 1.807) is 4.68 Å². The molecule has 3 aliphatic rings. The van der Waals surface area contributed by atoms with Crippen molar-refractivity contribution in [2.75, 3.05) is 0 Å². The first-order valence-electron chi connectivity index (χ1n) is 17.7. The van der Waals surface area contributed by atoms with Gasteiger partial charge in [-0.15, -0.1) is 0 Å². The van der Waals surface area contributed by atoms with Crippen molar-refractivity contribution < 1.29 is 5.11 Å². The third-order valence-corrected chi connectivity index (χ3v) is 11.8. The first-order chi connectivity index (χ1) is 25.7. The number of nitrogens with zero attached hydrogens (tertiary/aromatic N) is 3. The van der Waals surface area contributed by atoms with Crippen molar-refractivity contribution in [2.24, 2.45) is 0 Å². The van der Waals surface area contributed by atoms with E-state index in [4.69, 9.17) is 0 Å². The summed E-state index contributed by atoms with van der Waals surface area (Å²) in [6, 6.07) is 57.6. The topological polar surface area (TPSA) is 52.1 Å². The van der Waals surface area contributed by atoms with Gasteiger partial charge in [0.15, 0.2) is 6.23 Å². The third-order valence-electron chi connectivity index (χ3n) is 11.8. The molecule has 0 saturated carbocycles. The summed E-state index contributed by atoms with van der Waals surface area (Å²) in [7, 11) is 0. The van der Waals surface area contributed by atoms with Crippen molar-refractivity contribution in [3.05, 3.63) is 196 Å². The lowest BCUT2D eigenvalue weighted by atomic mass is 9.72. The van der Waals surface area contributed by atoms with Crippen LogP contribution in [0.5, 0.6) is 0 Å². The van der Waals surface area contributed by atoms with Crippen LogP contribution in [0.2, 0.25) is 0 Å². The van der Waals surface area contributed by atoms with E-state index in [9.17, 15) is 9.90 Å². The van der Waals surface area contributed by atoms with Gasteiger partial charge in [-0.1, -0.05) is 121 Å². The van der Waals surface area contributed by atoms with Gasteiger partial charge in [0, 0.05) is 22.0 Å². The second-order valence-corrected chi connectivity index (χ2v) is 14.1. The van der Waals surface area contributed by atoms with E-state index in [0.717, 1.165) is 66.9 Å². The van der Waals surface area contributed by atoms with Crippen molar-refractivity contribution in [3.8, 4) is 27.9 Å². The summed E-state index contributed by atoms with van der Waals surface area (Å²) in [6.07, 6.45) is -1.12. The molecule has 7 aromatic carbocycles. The van der Waals surface area contributed by atoms with Crippen LogP contribution in [-0.4, -0.2) is 19.0 Å². The maximum Gasteiger partial charge on any atom is 0.277 e. The Morgan fingerprint density at radius 3 is 1.96 bits per heavy atom. The Bertz CT molecular complexity index is 3120. The lowest BCUT2D eigenvalue weighted by molar-refractivity contribution is 0.149. The van der Waals surface area contributed by atoms with Gasteiger partial charge < -0.3 is 9.67 Å². The molecule has 2 unspecified atom stereocenters. The van der Waals surface area contributed by atoms with E-state index >= 15 is 0 Å². The Morgan fingerprint density at radius 1 is 0.500 bits per heavy atom. The zero-order chi connectivity index (χ0) is 34.3. The molecule has 0 fully saturated rings. The molecule has 3 heterocycles. The lowest BCUT2D eigenvalue weighted by Gasteiger charge is -2.33. The molecule has 52 heavy (non-hydrogen) atoms. The fourth-order valence-corrected chi connectivity index (χ4v) is 9.79. The van der Waals surface area contributed by atoms with Crippen molar-refractivity contribution in [2.45, 2.75) is 11.6 Å². The Morgan fingerprint density at radius 2 is 1.13 bits per heavy atom. The summed E-state index contributed by atoms with van der Waals surface area (Å²) in [5, 5.41) is 15.1. The van der Waals surface area contributed by atoms with Crippen LogP contribution < -0.4 is 5.56 Å². The van der Waals surface area contributed by atoms with Crippen LogP contribution in [0.15, 0.2) is 169 Å². The molecule has 12 rings (SSSR count). The van der Waals surface area contributed by atoms with Gasteiger partial charge in [0.25, 0.3) is 5.56 Å². The number of allylic oxidation sites excluding steroid dienone is 1. The first-order valence-corrected chi connectivity index (χ1v) is 17.7. The number of hydrogen-bond acceptors (Lipinski definition) is 2. The first kappa shape index (κ1) is 28.1. The third kappa shape index (κ3) is 3.21. The standard InChI is InChI=1S/C47H29N3O2/c51-45-35-17-7-11-21-42(35)49-44-43(46(52)50(45)49)34-16-5-9-19-38(34)47(44)37-18-8-4-14-31(37)32-24-23-30(27-39(32)47)48-40-20-10-6-15-33(40)36-26-29(22-25-41(36)48)28-12-2-1-3-13-28/h1-27,46,52H. The minimum atomic E-state index is -1.12. The highest BCUT2D eigenvalue weighted by atomic mass is 16.3. The van der Waals surface area contributed by atoms with Gasteiger partial charge in [-0.2, -0.15) is 0 Å². The summed E-state index contributed by atoms with van der Waals surface area (Å²) < 4.78 is 5.95. The minimum Gasteiger partial charge on any atom is -0.368 e. The van der Waals surface area contributed by atoms with Gasteiger partial charge in [0.2, 0.25) is 0 Å². The Labute approximate surface area is 298 Å². The summed E-state index contributed by atoms with van der Waals surface area (Å²) in [5.74, 6) is 0. The second-order valence-electron chi connectivity index (χ2n) is 14.1. The van der Waals surface area contributed by atoms with Gasteiger partial charge in [-0.3, -0.25) is 4.79 Å². The summed E-state index contributed by atoms with van der Waals surface area (Å²) in [6.45, 7) is 0. The van der Waals surface area contributed by atoms with Crippen LogP contribution in [0.4, 0.5) is 0 Å². The quantitative estimate of drug-likeness (QED) is 0.200. The summed E-state index contributed by atoms with van der Waals surface area (Å²) in [4.78, 5) is 14.0. The van der Waals surface area contributed by atoms with Gasteiger partial charge >= 0.3 is 0 Å². The highest BCUT2D eigenvalue weighted by Crippen LogP contribution is 2.66. The minimum absolute atomic E-state index is 0.189. The number of fused-ring (bicyclic) bond motifs is 16. The fourth-order valence-electron chi connectivity index (χ4n) is 9.79. The molecule has 1 N–H and O–H groups in total. The molecular formula is C47H29N3O2. The molecule has 0 radical (unpaired) electrons. The van der Waals surface area contributed by atoms with Gasteiger partial charge in [0.1, 0.15) is 0 Å². The van der Waals surface area contributed by atoms with Crippen molar-refractivity contribution in [3.63, 3.8) is 0 Å². The van der Waals surface area contributed by atoms with E-state index in [2.05, 4.69) is 138 Å². The Hall–Kier alpha value is -6.69. The van der Waals surface area contributed by atoms with Crippen LogP contribution in [0.3, 0.4) is 0 Å². The Kier molecular flexibility index (Phi) is 5.26. The van der Waals surface area contributed by atoms with Gasteiger partial charge in [-0.05, 0) is 87.0 Å². The highest BCUT2D eigenvalue weighted by Gasteiger charge is 2.58. The molecule has 0 saturated heterocycles. The van der Waals surface area contributed by atoms with E-state index in [-0.39, 0.29) is 5.56 Å². The molecule has 5 nitrogen and oxygen atoms in total. The van der Waals surface area contributed by atoms with Crippen LogP contribution in [0.1, 0.15) is 28.5 Å². The fraction of sp³-hybridized carbons (Fsp3) is 0.0426. The molecule has 2 aliphatic carbocycles. The van der Waals surface area contributed by atoms with Gasteiger partial charge in [-0.25, -0.2) is 9.36 Å². The van der Waals surface area contributed by atoms with Gasteiger partial charge in [0.05, 0.1) is 33.0 Å². The smallest absolute Gasteiger partial charge is 0.277 e.